The van der Waals surface area contributed by atoms with Gasteiger partial charge in [-0.15, -0.1) is 0 Å². The van der Waals surface area contributed by atoms with E-state index in [1.807, 2.05) is 0 Å². The Morgan fingerprint density at radius 2 is 2.56 bits per heavy atom. The maximum atomic E-state index is 11.3. The molecule has 0 bridgehead atoms. The Morgan fingerprint density at radius 1 is 1.72 bits per heavy atom. The SMILES string of the molecule is COC1(CNc2ncccc2C(N)=O)CCOC1. The number of hydrogen-bond donors (Lipinski definition) is 2. The summed E-state index contributed by atoms with van der Waals surface area (Å²) in [5, 5.41) is 3.11. The Bertz CT molecular complexity index is 430. The maximum Gasteiger partial charge on any atom is 0.252 e. The van der Waals surface area contributed by atoms with Gasteiger partial charge in [-0.05, 0) is 12.1 Å². The Labute approximate surface area is 105 Å². The molecule has 1 aliphatic rings. The van der Waals surface area contributed by atoms with Crippen LogP contribution in [-0.2, 0) is 9.47 Å². The van der Waals surface area contributed by atoms with Gasteiger partial charge in [-0.1, -0.05) is 0 Å². The van der Waals surface area contributed by atoms with Crippen LogP contribution >= 0.6 is 0 Å². The fourth-order valence-electron chi connectivity index (χ4n) is 1.95. The number of carbonyl (C=O) groups excluding carboxylic acids is 1. The second kappa shape index (κ2) is 5.32. The summed E-state index contributed by atoms with van der Waals surface area (Å²) in [4.78, 5) is 15.4. The van der Waals surface area contributed by atoms with Crippen molar-refractivity contribution in [3.63, 3.8) is 0 Å². The van der Waals surface area contributed by atoms with Crippen LogP contribution in [0.1, 0.15) is 16.8 Å². The number of nitrogens with zero attached hydrogens (tertiary/aromatic N) is 1. The molecule has 0 saturated carbocycles. The molecule has 0 aromatic carbocycles. The van der Waals surface area contributed by atoms with Crippen molar-refractivity contribution in [2.45, 2.75) is 12.0 Å². The van der Waals surface area contributed by atoms with E-state index in [-0.39, 0.29) is 5.60 Å². The van der Waals surface area contributed by atoms with Crippen molar-refractivity contribution >= 4 is 11.7 Å². The summed E-state index contributed by atoms with van der Waals surface area (Å²) in [6.07, 6.45) is 2.43. The summed E-state index contributed by atoms with van der Waals surface area (Å²) in [7, 11) is 1.66. The standard InChI is InChI=1S/C12H17N3O3/c1-17-12(4-6-18-8-12)7-15-11-9(10(13)16)3-2-5-14-11/h2-3,5H,4,6-8H2,1H3,(H2,13,16)(H,14,15). The average Bonchev–Trinajstić information content (AvgIpc) is 2.86. The van der Waals surface area contributed by atoms with Gasteiger partial charge in [0.15, 0.2) is 0 Å². The van der Waals surface area contributed by atoms with Crippen molar-refractivity contribution < 1.29 is 14.3 Å². The van der Waals surface area contributed by atoms with E-state index in [0.717, 1.165) is 6.42 Å². The van der Waals surface area contributed by atoms with E-state index < -0.39 is 5.91 Å². The number of hydrogen-bond acceptors (Lipinski definition) is 5. The highest BCUT2D eigenvalue weighted by atomic mass is 16.5. The highest BCUT2D eigenvalue weighted by Gasteiger charge is 2.35. The number of anilines is 1. The minimum absolute atomic E-state index is 0.355. The largest absolute Gasteiger partial charge is 0.378 e. The first-order chi connectivity index (χ1) is 8.67. The van der Waals surface area contributed by atoms with Crippen molar-refractivity contribution in [3.8, 4) is 0 Å². The number of nitrogens with one attached hydrogen (secondary N) is 1. The number of amides is 1. The monoisotopic (exact) mass is 251 g/mol. The summed E-state index contributed by atoms with van der Waals surface area (Å²) in [6.45, 7) is 1.75. The van der Waals surface area contributed by atoms with Crippen LogP contribution in [-0.4, -0.2) is 43.4 Å². The topological polar surface area (TPSA) is 86.5 Å². The van der Waals surface area contributed by atoms with Crippen LogP contribution in [0.4, 0.5) is 5.82 Å². The van der Waals surface area contributed by atoms with Gasteiger partial charge in [-0.2, -0.15) is 0 Å². The molecule has 1 aliphatic heterocycles. The zero-order chi connectivity index (χ0) is 13.0. The van der Waals surface area contributed by atoms with Gasteiger partial charge >= 0.3 is 0 Å². The third-order valence-corrected chi connectivity index (χ3v) is 3.15. The lowest BCUT2D eigenvalue weighted by Crippen LogP contribution is -2.40. The zero-order valence-electron chi connectivity index (χ0n) is 10.3. The molecule has 2 heterocycles. The van der Waals surface area contributed by atoms with E-state index in [4.69, 9.17) is 15.2 Å². The van der Waals surface area contributed by atoms with Gasteiger partial charge in [0.1, 0.15) is 11.4 Å². The molecule has 1 unspecified atom stereocenters. The van der Waals surface area contributed by atoms with Crippen molar-refractivity contribution in [1.82, 2.24) is 4.98 Å². The van der Waals surface area contributed by atoms with Gasteiger partial charge in [0.05, 0.1) is 12.2 Å². The molecular formula is C12H17N3O3. The molecule has 2 rings (SSSR count). The highest BCUT2D eigenvalue weighted by molar-refractivity contribution is 5.97. The molecule has 1 atom stereocenters. The normalized spacial score (nSPS) is 22.9. The van der Waals surface area contributed by atoms with E-state index in [0.29, 0.717) is 31.1 Å². The van der Waals surface area contributed by atoms with E-state index in [1.165, 1.54) is 0 Å². The molecule has 0 spiro atoms. The van der Waals surface area contributed by atoms with Crippen LogP contribution in [0.15, 0.2) is 18.3 Å². The summed E-state index contributed by atoms with van der Waals surface area (Å²) in [6, 6.07) is 3.32. The highest BCUT2D eigenvalue weighted by Crippen LogP contribution is 2.23. The molecule has 0 radical (unpaired) electrons. The first kappa shape index (κ1) is 12.8. The Balaban J connectivity index is 2.08. The van der Waals surface area contributed by atoms with Crippen LogP contribution in [0.3, 0.4) is 0 Å². The molecule has 18 heavy (non-hydrogen) atoms. The van der Waals surface area contributed by atoms with Gasteiger partial charge in [-0.25, -0.2) is 4.98 Å². The first-order valence-corrected chi connectivity index (χ1v) is 5.78. The quantitative estimate of drug-likeness (QED) is 0.791. The number of aromatic nitrogens is 1. The van der Waals surface area contributed by atoms with Crippen LogP contribution in [0.5, 0.6) is 0 Å². The zero-order valence-corrected chi connectivity index (χ0v) is 10.3. The molecule has 0 aliphatic carbocycles. The maximum absolute atomic E-state index is 11.3. The van der Waals surface area contributed by atoms with Gasteiger partial charge in [0.25, 0.3) is 5.91 Å². The predicted octanol–water partition coefficient (Wildman–Crippen LogP) is 0.398. The Hall–Kier alpha value is -1.66. The molecule has 98 valence electrons. The number of ether oxygens (including phenoxy) is 2. The average molecular weight is 251 g/mol. The lowest BCUT2D eigenvalue weighted by molar-refractivity contribution is -0.00626. The lowest BCUT2D eigenvalue weighted by Gasteiger charge is -2.26. The predicted molar refractivity (Wildman–Crippen MR) is 66.4 cm³/mol. The number of nitrogens with two attached hydrogens (primary N) is 1. The summed E-state index contributed by atoms with van der Waals surface area (Å²) in [5.74, 6) is -0.0203. The summed E-state index contributed by atoms with van der Waals surface area (Å²) < 4.78 is 10.8. The molecule has 1 fully saturated rings. The minimum Gasteiger partial charge on any atom is -0.378 e. The minimum atomic E-state index is -0.500. The number of rotatable bonds is 5. The van der Waals surface area contributed by atoms with Crippen molar-refractivity contribution in [2.75, 3.05) is 32.2 Å². The Kier molecular flexibility index (Phi) is 3.78. The number of primary amides is 1. The van der Waals surface area contributed by atoms with Crippen molar-refractivity contribution in [3.05, 3.63) is 23.9 Å². The summed E-state index contributed by atoms with van der Waals surface area (Å²) >= 11 is 0. The van der Waals surface area contributed by atoms with Crippen LogP contribution in [0.25, 0.3) is 0 Å². The molecule has 1 aromatic heterocycles. The Morgan fingerprint density at radius 3 is 3.17 bits per heavy atom. The van der Waals surface area contributed by atoms with Gasteiger partial charge in [0.2, 0.25) is 0 Å². The fraction of sp³-hybridized carbons (Fsp3) is 0.500. The summed E-state index contributed by atoms with van der Waals surface area (Å²) in [5.41, 5.74) is 5.31. The van der Waals surface area contributed by atoms with Crippen LogP contribution in [0, 0.1) is 0 Å². The van der Waals surface area contributed by atoms with E-state index >= 15 is 0 Å². The lowest BCUT2D eigenvalue weighted by atomic mass is 10.0. The molecule has 6 heteroatoms. The van der Waals surface area contributed by atoms with Crippen LogP contribution in [0.2, 0.25) is 0 Å². The second-order valence-electron chi connectivity index (χ2n) is 4.31. The number of pyridine rings is 1. The van der Waals surface area contributed by atoms with Crippen molar-refractivity contribution in [2.24, 2.45) is 5.73 Å². The van der Waals surface area contributed by atoms with E-state index in [9.17, 15) is 4.79 Å². The second-order valence-corrected chi connectivity index (χ2v) is 4.31. The molecule has 3 N–H and O–H groups in total. The van der Waals surface area contributed by atoms with Gasteiger partial charge in [0, 0.05) is 32.9 Å². The smallest absolute Gasteiger partial charge is 0.252 e. The van der Waals surface area contributed by atoms with Gasteiger partial charge in [-0.3, -0.25) is 4.79 Å². The number of methoxy groups -OCH3 is 1. The van der Waals surface area contributed by atoms with Crippen LogP contribution < -0.4 is 11.1 Å². The van der Waals surface area contributed by atoms with E-state index in [1.54, 1.807) is 25.4 Å². The van der Waals surface area contributed by atoms with Crippen molar-refractivity contribution in [1.29, 1.82) is 0 Å². The first-order valence-electron chi connectivity index (χ1n) is 5.78. The molecule has 1 saturated heterocycles. The molecular weight excluding hydrogens is 234 g/mol. The fourth-order valence-corrected chi connectivity index (χ4v) is 1.95. The molecule has 1 amide bonds. The third kappa shape index (κ3) is 2.60. The molecule has 6 nitrogen and oxygen atoms in total. The van der Waals surface area contributed by atoms with Gasteiger partial charge < -0.3 is 20.5 Å². The van der Waals surface area contributed by atoms with E-state index in [2.05, 4.69) is 10.3 Å². The molecule has 1 aromatic rings. The number of carbonyl (C=O) groups is 1. The third-order valence-electron chi connectivity index (χ3n) is 3.15.